The van der Waals surface area contributed by atoms with Crippen molar-refractivity contribution in [3.8, 4) is 5.75 Å². The van der Waals surface area contributed by atoms with Gasteiger partial charge in [-0.25, -0.2) is 5.43 Å². The number of carbonyl (C=O) groups is 1. The maximum absolute atomic E-state index is 11.6. The third-order valence-corrected chi connectivity index (χ3v) is 3.18. The van der Waals surface area contributed by atoms with Gasteiger partial charge in [0.25, 0.3) is 11.6 Å². The molecule has 0 aromatic heterocycles. The Kier molecular flexibility index (Phi) is 6.71. The lowest BCUT2D eigenvalue weighted by Crippen LogP contribution is -2.24. The summed E-state index contributed by atoms with van der Waals surface area (Å²) >= 11 is 0. The van der Waals surface area contributed by atoms with Gasteiger partial charge in [0, 0.05) is 18.3 Å². The van der Waals surface area contributed by atoms with E-state index >= 15 is 0 Å². The maximum atomic E-state index is 11.6. The van der Waals surface area contributed by atoms with E-state index in [9.17, 15) is 25.0 Å². The number of nitrogens with one attached hydrogen (secondary N) is 1. The lowest BCUT2D eigenvalue weighted by atomic mass is 10.2. The highest BCUT2D eigenvalue weighted by Gasteiger charge is 2.14. The van der Waals surface area contributed by atoms with Crippen LogP contribution in [0.25, 0.3) is 6.08 Å². The van der Waals surface area contributed by atoms with Gasteiger partial charge >= 0.3 is 5.69 Å². The van der Waals surface area contributed by atoms with Crippen LogP contribution >= 0.6 is 0 Å². The zero-order valence-electron chi connectivity index (χ0n) is 13.8. The number of ether oxygens (including phenoxy) is 1. The Morgan fingerprint density at radius 3 is 2.37 bits per heavy atom. The van der Waals surface area contributed by atoms with Crippen LogP contribution < -0.4 is 10.2 Å². The zero-order chi connectivity index (χ0) is 19.6. The number of allylic oxidation sites excluding steroid dienone is 1. The number of hydrogen-bond acceptors (Lipinski definition) is 7. The average molecular weight is 370 g/mol. The minimum Gasteiger partial charge on any atom is -0.477 e. The molecule has 0 aliphatic heterocycles. The number of rotatable bonds is 8. The number of nitrogens with zero attached hydrogens (tertiary/aromatic N) is 3. The number of para-hydroxylation sites is 3. The molecule has 10 nitrogen and oxygen atoms in total. The highest BCUT2D eigenvalue weighted by molar-refractivity contribution is 5.82. The van der Waals surface area contributed by atoms with Crippen LogP contribution in [0.3, 0.4) is 0 Å². The van der Waals surface area contributed by atoms with Crippen molar-refractivity contribution in [1.29, 1.82) is 0 Å². The number of amides is 1. The monoisotopic (exact) mass is 370 g/mol. The molecule has 0 unspecified atom stereocenters. The van der Waals surface area contributed by atoms with Crippen LogP contribution in [0.5, 0.6) is 5.75 Å². The van der Waals surface area contributed by atoms with Gasteiger partial charge in [-0.1, -0.05) is 24.3 Å². The highest BCUT2D eigenvalue weighted by Crippen LogP contribution is 2.25. The van der Waals surface area contributed by atoms with Gasteiger partial charge in [0.1, 0.15) is 0 Å². The molecule has 0 atom stereocenters. The normalized spacial score (nSPS) is 10.8. The first-order valence-electron chi connectivity index (χ1n) is 7.57. The topological polar surface area (TPSA) is 137 Å². The molecular formula is C17H14N4O6. The number of benzene rings is 2. The molecule has 0 spiro atoms. The van der Waals surface area contributed by atoms with E-state index in [1.54, 1.807) is 24.3 Å². The molecule has 1 N–H and O–H groups in total. The smallest absolute Gasteiger partial charge is 0.310 e. The lowest BCUT2D eigenvalue weighted by molar-refractivity contribution is -0.385. The Morgan fingerprint density at radius 2 is 1.67 bits per heavy atom. The molecule has 0 saturated carbocycles. The molecule has 2 aromatic carbocycles. The molecule has 0 bridgehead atoms. The Labute approximate surface area is 153 Å². The molecule has 0 aliphatic rings. The van der Waals surface area contributed by atoms with Crippen LogP contribution in [-0.2, 0) is 4.79 Å². The Balaban J connectivity index is 1.86. The van der Waals surface area contributed by atoms with E-state index in [-0.39, 0.29) is 17.1 Å². The van der Waals surface area contributed by atoms with Crippen molar-refractivity contribution < 1.29 is 19.4 Å². The van der Waals surface area contributed by atoms with Crippen molar-refractivity contribution in [3.05, 3.63) is 80.4 Å². The summed E-state index contributed by atoms with van der Waals surface area (Å²) in [5.41, 5.74) is 2.26. The standard InChI is InChI=1S/C17H14N4O6/c22-17(12-27-16-10-4-3-9-15(16)21(25)26)19-18-11-5-7-13-6-1-2-8-14(13)20(23)24/h1-11H,12H2,(H,19,22). The van der Waals surface area contributed by atoms with Crippen LogP contribution in [0.4, 0.5) is 11.4 Å². The summed E-state index contributed by atoms with van der Waals surface area (Å²) in [5, 5.41) is 25.4. The van der Waals surface area contributed by atoms with Crippen LogP contribution in [-0.4, -0.2) is 28.6 Å². The van der Waals surface area contributed by atoms with Crippen molar-refractivity contribution in [1.82, 2.24) is 5.43 Å². The molecule has 2 rings (SSSR count). The summed E-state index contributed by atoms with van der Waals surface area (Å²) in [7, 11) is 0. The summed E-state index contributed by atoms with van der Waals surface area (Å²) in [6, 6.07) is 11.8. The van der Waals surface area contributed by atoms with E-state index in [1.807, 2.05) is 0 Å². The first-order chi connectivity index (χ1) is 13.0. The van der Waals surface area contributed by atoms with Gasteiger partial charge in [0.2, 0.25) is 0 Å². The summed E-state index contributed by atoms with van der Waals surface area (Å²) in [4.78, 5) is 32.3. The molecule has 138 valence electrons. The van der Waals surface area contributed by atoms with Crippen LogP contribution in [0.2, 0.25) is 0 Å². The first kappa shape index (κ1) is 19.2. The largest absolute Gasteiger partial charge is 0.477 e. The number of nitro benzene ring substituents is 2. The lowest BCUT2D eigenvalue weighted by Gasteiger charge is -2.05. The fourth-order valence-corrected chi connectivity index (χ4v) is 2.00. The molecule has 2 aromatic rings. The molecule has 1 amide bonds. The molecule has 0 fully saturated rings. The molecule has 27 heavy (non-hydrogen) atoms. The van der Waals surface area contributed by atoms with Gasteiger partial charge < -0.3 is 4.74 Å². The number of hydrazone groups is 1. The van der Waals surface area contributed by atoms with Gasteiger partial charge in [0.15, 0.2) is 12.4 Å². The summed E-state index contributed by atoms with van der Waals surface area (Å²) in [5.74, 6) is -0.651. The third kappa shape index (κ3) is 5.74. The van der Waals surface area contributed by atoms with Gasteiger partial charge in [-0.3, -0.25) is 25.0 Å². The minimum absolute atomic E-state index is 0.0297. The molecular weight excluding hydrogens is 356 g/mol. The minimum atomic E-state index is -0.622. The van der Waals surface area contributed by atoms with E-state index in [1.165, 1.54) is 42.6 Å². The van der Waals surface area contributed by atoms with Crippen LogP contribution in [0.15, 0.2) is 59.7 Å². The fourth-order valence-electron chi connectivity index (χ4n) is 2.00. The molecule has 0 saturated heterocycles. The summed E-state index contributed by atoms with van der Waals surface area (Å²) in [6.07, 6.45) is 4.13. The van der Waals surface area contributed by atoms with Crippen LogP contribution in [0, 0.1) is 20.2 Å². The first-order valence-corrected chi connectivity index (χ1v) is 7.57. The molecule has 0 heterocycles. The predicted molar refractivity (Wildman–Crippen MR) is 97.4 cm³/mol. The quantitative estimate of drug-likeness (QED) is 0.431. The fraction of sp³-hybridized carbons (Fsp3) is 0.0588. The second kappa shape index (κ2) is 9.42. The number of hydrogen-bond donors (Lipinski definition) is 1. The molecule has 10 heteroatoms. The number of nitro groups is 2. The molecule has 0 radical (unpaired) electrons. The van der Waals surface area contributed by atoms with Gasteiger partial charge in [-0.15, -0.1) is 0 Å². The Hall–Kier alpha value is -4.08. The van der Waals surface area contributed by atoms with Crippen molar-refractivity contribution in [2.24, 2.45) is 5.10 Å². The predicted octanol–water partition coefficient (Wildman–Crippen LogP) is 2.70. The van der Waals surface area contributed by atoms with Crippen molar-refractivity contribution in [3.63, 3.8) is 0 Å². The Morgan fingerprint density at radius 1 is 1.04 bits per heavy atom. The van der Waals surface area contributed by atoms with E-state index in [0.29, 0.717) is 5.56 Å². The second-order valence-electron chi connectivity index (χ2n) is 5.00. The highest BCUT2D eigenvalue weighted by atomic mass is 16.6. The molecule has 0 aliphatic carbocycles. The van der Waals surface area contributed by atoms with Gasteiger partial charge in [0.05, 0.1) is 15.4 Å². The van der Waals surface area contributed by atoms with E-state index < -0.39 is 22.4 Å². The third-order valence-electron chi connectivity index (χ3n) is 3.18. The van der Waals surface area contributed by atoms with E-state index in [4.69, 9.17) is 4.74 Å². The van der Waals surface area contributed by atoms with E-state index in [0.717, 1.165) is 0 Å². The van der Waals surface area contributed by atoms with Crippen molar-refractivity contribution >= 4 is 29.6 Å². The summed E-state index contributed by atoms with van der Waals surface area (Å²) in [6.45, 7) is -0.462. The van der Waals surface area contributed by atoms with Gasteiger partial charge in [-0.05, 0) is 24.3 Å². The number of carbonyl (C=O) groups excluding carboxylic acids is 1. The van der Waals surface area contributed by atoms with Gasteiger partial charge in [-0.2, -0.15) is 5.10 Å². The Bertz CT molecular complexity index is 910. The SMILES string of the molecule is O=C(COc1ccccc1[N+](=O)[O-])NN=CC=Cc1ccccc1[N+](=O)[O-]. The maximum Gasteiger partial charge on any atom is 0.310 e. The second-order valence-corrected chi connectivity index (χ2v) is 5.00. The average Bonchev–Trinajstić information content (AvgIpc) is 2.66. The van der Waals surface area contributed by atoms with Crippen molar-refractivity contribution in [2.45, 2.75) is 0 Å². The van der Waals surface area contributed by atoms with Crippen molar-refractivity contribution in [2.75, 3.05) is 6.61 Å². The summed E-state index contributed by atoms with van der Waals surface area (Å²) < 4.78 is 5.11. The van der Waals surface area contributed by atoms with E-state index in [2.05, 4.69) is 10.5 Å². The van der Waals surface area contributed by atoms with Crippen LogP contribution in [0.1, 0.15) is 5.56 Å². The zero-order valence-corrected chi connectivity index (χ0v) is 13.8.